The molecule has 0 bridgehead atoms. The van der Waals surface area contributed by atoms with E-state index in [1.165, 1.54) is 0 Å². The summed E-state index contributed by atoms with van der Waals surface area (Å²) in [7, 11) is 0. The molecule has 0 heterocycles. The zero-order valence-electron chi connectivity index (χ0n) is 5.25. The first-order chi connectivity index (χ1) is 0. The molecule has 0 spiro atoms. The molecule has 0 saturated heterocycles. The maximum atomic E-state index is 0. The van der Waals surface area contributed by atoms with Crippen molar-refractivity contribution in [2.45, 2.75) is 0 Å². The molecule has 0 fully saturated rings. The summed E-state index contributed by atoms with van der Waals surface area (Å²) in [6.45, 7) is 0. The van der Waals surface area contributed by atoms with Gasteiger partial charge in [0.1, 0.15) is 0 Å². The maximum absolute atomic E-state index is 0. The van der Waals surface area contributed by atoms with Crippen LogP contribution in [0.25, 0.3) is 49.2 Å². The van der Waals surface area contributed by atoms with Crippen molar-refractivity contribution < 1.29 is 40.8 Å². The van der Waals surface area contributed by atoms with Gasteiger partial charge in [0.15, 0.2) is 0 Å². The Balaban J connectivity index is 0. The molecule has 0 amide bonds. The topological polar surface area (TPSA) is 268 Å². The number of hydrogen-bond donors (Lipinski definition) is 0. The van der Waals surface area contributed by atoms with Crippen LogP contribution >= 0.6 is 0 Å². The van der Waals surface area contributed by atoms with E-state index < -0.39 is 0 Å². The SMILES string of the molecule is [NH2-].[NH2-].[NH2-].[NH2-].[NH2-].[NH2-].[NH2-].[NH2-].[Pd].[Pd]. The van der Waals surface area contributed by atoms with Crippen LogP contribution in [0.3, 0.4) is 0 Å². The molecule has 0 atom stereocenters. The normalized spacial score (nSPS) is 0. The number of rotatable bonds is 0. The fraction of sp³-hybridized carbons (Fsp3) is 0. The molecule has 0 aromatic rings. The minimum Gasteiger partial charge on any atom is -0.693 e. The predicted molar refractivity (Wildman–Crippen MR) is 42.3 cm³/mol. The van der Waals surface area contributed by atoms with Crippen LogP contribution in [-0.2, 0) is 40.8 Å². The van der Waals surface area contributed by atoms with Crippen molar-refractivity contribution in [3.8, 4) is 0 Å². The van der Waals surface area contributed by atoms with Gasteiger partial charge in [-0.15, -0.1) is 0 Å². The van der Waals surface area contributed by atoms with E-state index in [0.717, 1.165) is 0 Å². The zero-order valence-corrected chi connectivity index (χ0v) is 8.36. The van der Waals surface area contributed by atoms with Crippen molar-refractivity contribution in [2.75, 3.05) is 0 Å². The van der Waals surface area contributed by atoms with Crippen molar-refractivity contribution in [3.63, 3.8) is 0 Å². The first-order valence-electron chi connectivity index (χ1n) is 0. The molecule has 16 N–H and O–H groups in total. The van der Waals surface area contributed by atoms with Gasteiger partial charge in [0.25, 0.3) is 0 Å². The van der Waals surface area contributed by atoms with E-state index in [2.05, 4.69) is 0 Å². The summed E-state index contributed by atoms with van der Waals surface area (Å²) in [6.07, 6.45) is 0. The Morgan fingerprint density at radius 1 is 0.200 bits per heavy atom. The van der Waals surface area contributed by atoms with Gasteiger partial charge in [-0.05, 0) is 0 Å². The minimum atomic E-state index is 0. The second-order valence-corrected chi connectivity index (χ2v) is 0. The van der Waals surface area contributed by atoms with Gasteiger partial charge < -0.3 is 49.2 Å². The Morgan fingerprint density at radius 2 is 0.200 bits per heavy atom. The summed E-state index contributed by atoms with van der Waals surface area (Å²) in [5.41, 5.74) is 0. The van der Waals surface area contributed by atoms with Crippen LogP contribution in [0.1, 0.15) is 0 Å². The summed E-state index contributed by atoms with van der Waals surface area (Å²) >= 11 is 0. The molecular formula is H16N8Pd2-8. The van der Waals surface area contributed by atoms with Crippen molar-refractivity contribution in [3.05, 3.63) is 49.2 Å². The maximum Gasteiger partial charge on any atom is 0 e. The molecular weight excluding hydrogens is 325 g/mol. The van der Waals surface area contributed by atoms with Gasteiger partial charge in [0.2, 0.25) is 0 Å². The van der Waals surface area contributed by atoms with Crippen LogP contribution < -0.4 is 0 Å². The van der Waals surface area contributed by atoms with E-state index in [-0.39, 0.29) is 90.1 Å². The molecule has 0 aromatic carbocycles. The predicted octanol–water partition coefficient (Wildman–Crippen LogP) is 5.73. The Bertz CT molecular complexity index is 7.22. The summed E-state index contributed by atoms with van der Waals surface area (Å²) in [4.78, 5) is 0. The van der Waals surface area contributed by atoms with E-state index in [4.69, 9.17) is 0 Å². The average Bonchev–Trinajstić information content (AvgIpc) is 0. The van der Waals surface area contributed by atoms with Crippen molar-refractivity contribution >= 4 is 0 Å². The monoisotopic (exact) mass is 340 g/mol. The Labute approximate surface area is 90.0 Å². The minimum absolute atomic E-state index is 0. The molecule has 84 valence electrons. The molecule has 0 aromatic heterocycles. The summed E-state index contributed by atoms with van der Waals surface area (Å²) in [6, 6.07) is 0. The molecule has 0 radical (unpaired) electrons. The second-order valence-electron chi connectivity index (χ2n) is 0. The van der Waals surface area contributed by atoms with Gasteiger partial charge in [-0.1, -0.05) is 0 Å². The third kappa shape index (κ3) is 572. The fourth-order valence-electron chi connectivity index (χ4n) is 0. The van der Waals surface area contributed by atoms with Gasteiger partial charge in [-0.2, -0.15) is 0 Å². The molecule has 0 saturated carbocycles. The van der Waals surface area contributed by atoms with Crippen LogP contribution in [0.4, 0.5) is 0 Å². The van der Waals surface area contributed by atoms with Crippen LogP contribution in [0.5, 0.6) is 0 Å². The fourth-order valence-corrected chi connectivity index (χ4v) is 0. The molecule has 0 rings (SSSR count). The molecule has 8 nitrogen and oxygen atoms in total. The van der Waals surface area contributed by atoms with E-state index in [1.807, 2.05) is 0 Å². The van der Waals surface area contributed by atoms with Crippen LogP contribution in [0.2, 0.25) is 0 Å². The van der Waals surface area contributed by atoms with Crippen LogP contribution in [-0.4, -0.2) is 0 Å². The molecule has 10 heavy (non-hydrogen) atoms. The van der Waals surface area contributed by atoms with Gasteiger partial charge in [-0.3, -0.25) is 0 Å². The van der Waals surface area contributed by atoms with Gasteiger partial charge in [0.05, 0.1) is 0 Å². The Kier molecular flexibility index (Phi) is 87700. The molecule has 0 aliphatic carbocycles. The third-order valence-electron chi connectivity index (χ3n) is 0. The smallest absolute Gasteiger partial charge is 0 e. The first kappa shape index (κ1) is 1090. The summed E-state index contributed by atoms with van der Waals surface area (Å²) < 4.78 is 0. The Hall–Kier alpha value is 1.00. The number of nitrogens with two attached hydrogens (primary N) is 8. The van der Waals surface area contributed by atoms with E-state index >= 15 is 0 Å². The van der Waals surface area contributed by atoms with Crippen molar-refractivity contribution in [1.29, 1.82) is 0 Å². The van der Waals surface area contributed by atoms with Gasteiger partial charge >= 0.3 is 0 Å². The van der Waals surface area contributed by atoms with Crippen molar-refractivity contribution in [1.82, 2.24) is 0 Å². The van der Waals surface area contributed by atoms with E-state index in [1.54, 1.807) is 0 Å². The third-order valence-corrected chi connectivity index (χ3v) is 0. The molecule has 0 unspecified atom stereocenters. The average molecular weight is 341 g/mol. The van der Waals surface area contributed by atoms with Gasteiger partial charge in [0, 0.05) is 40.8 Å². The van der Waals surface area contributed by atoms with Gasteiger partial charge in [-0.25, -0.2) is 0 Å². The summed E-state index contributed by atoms with van der Waals surface area (Å²) in [5, 5.41) is 0. The summed E-state index contributed by atoms with van der Waals surface area (Å²) in [5.74, 6) is 0. The quantitative estimate of drug-likeness (QED) is 0.477. The van der Waals surface area contributed by atoms with E-state index in [9.17, 15) is 0 Å². The van der Waals surface area contributed by atoms with E-state index in [0.29, 0.717) is 0 Å². The van der Waals surface area contributed by atoms with Crippen LogP contribution in [0.15, 0.2) is 0 Å². The Morgan fingerprint density at radius 3 is 0.200 bits per heavy atom. The number of hydrogen-bond acceptors (Lipinski definition) is 0. The standard InChI is InChI=1S/8H2N.2Pd/h8*1H2;;/q8*-1;;. The second kappa shape index (κ2) is 804. The van der Waals surface area contributed by atoms with Crippen LogP contribution in [0, 0.1) is 0 Å². The van der Waals surface area contributed by atoms with Crippen molar-refractivity contribution in [2.24, 2.45) is 0 Å². The first-order valence-corrected chi connectivity index (χ1v) is 0. The molecule has 10 heteroatoms. The molecule has 0 aliphatic rings. The molecule has 0 aliphatic heterocycles. The largest absolute Gasteiger partial charge is 0.693 e. The zero-order chi connectivity index (χ0) is 0.